The second-order valence-electron chi connectivity index (χ2n) is 2.87. The van der Waals surface area contributed by atoms with Crippen molar-refractivity contribution in [2.75, 3.05) is 19.3 Å². The van der Waals surface area contributed by atoms with Crippen LogP contribution in [0.15, 0.2) is 0 Å². The zero-order valence-corrected chi connectivity index (χ0v) is 8.58. The molecule has 76 valence electrons. The van der Waals surface area contributed by atoms with Crippen molar-refractivity contribution in [1.29, 1.82) is 5.26 Å². The maximum atomic E-state index is 11.2. The lowest BCUT2D eigenvalue weighted by molar-refractivity contribution is 0.177. The molecule has 0 saturated carbocycles. The Hall–Kier alpha value is -0.640. The fourth-order valence-corrected chi connectivity index (χ4v) is 1.47. The molecule has 0 rings (SSSR count). The van der Waals surface area contributed by atoms with Gasteiger partial charge < -0.3 is 5.11 Å². The van der Waals surface area contributed by atoms with Gasteiger partial charge in [0, 0.05) is 13.6 Å². The molecule has 5 nitrogen and oxygen atoms in total. The highest BCUT2D eigenvalue weighted by Crippen LogP contribution is 2.00. The average Bonchev–Trinajstić information content (AvgIpc) is 1.99. The van der Waals surface area contributed by atoms with Crippen LogP contribution in [-0.2, 0) is 10.0 Å². The molecule has 0 aliphatic rings. The fourth-order valence-electron chi connectivity index (χ4n) is 0.699. The predicted octanol–water partition coefficient (Wildman–Crippen LogP) is -0.458. The summed E-state index contributed by atoms with van der Waals surface area (Å²) in [7, 11) is -2.05. The van der Waals surface area contributed by atoms with Crippen molar-refractivity contribution in [1.82, 2.24) is 4.31 Å². The molecule has 0 saturated heterocycles. The van der Waals surface area contributed by atoms with E-state index in [9.17, 15) is 8.42 Å². The van der Waals surface area contributed by atoms with Crippen LogP contribution in [0.4, 0.5) is 0 Å². The number of nitriles is 1. The summed E-state index contributed by atoms with van der Waals surface area (Å²) in [5, 5.41) is 17.1. The topological polar surface area (TPSA) is 81.4 Å². The molecule has 1 atom stereocenters. The van der Waals surface area contributed by atoms with Gasteiger partial charge >= 0.3 is 0 Å². The summed E-state index contributed by atoms with van der Waals surface area (Å²) in [4.78, 5) is 0. The number of hydrogen-bond acceptors (Lipinski definition) is 4. The Labute approximate surface area is 78.6 Å². The molecule has 0 heterocycles. The Morgan fingerprint density at radius 3 is 2.54 bits per heavy atom. The zero-order valence-electron chi connectivity index (χ0n) is 7.77. The first kappa shape index (κ1) is 12.4. The molecule has 1 unspecified atom stereocenters. The molecular formula is C7H14N2O3S. The van der Waals surface area contributed by atoms with E-state index in [4.69, 9.17) is 10.4 Å². The summed E-state index contributed by atoms with van der Waals surface area (Å²) in [6, 6.07) is 1.58. The molecule has 0 aromatic heterocycles. The standard InChI is InChI=1S/C7H14N2O3S/c1-7(10)3-5-9(2)13(11,12)6-4-8/h7,10H,3,5-6H2,1-2H3. The summed E-state index contributed by atoms with van der Waals surface area (Å²) in [6.45, 7) is 1.83. The maximum Gasteiger partial charge on any atom is 0.227 e. The highest BCUT2D eigenvalue weighted by Gasteiger charge is 2.16. The molecule has 0 radical (unpaired) electrons. The van der Waals surface area contributed by atoms with Crippen LogP contribution >= 0.6 is 0 Å². The van der Waals surface area contributed by atoms with Gasteiger partial charge in [-0.15, -0.1) is 0 Å². The second kappa shape index (κ2) is 5.17. The lowest BCUT2D eigenvalue weighted by atomic mass is 10.3. The monoisotopic (exact) mass is 206 g/mol. The first-order chi connectivity index (χ1) is 5.90. The second-order valence-corrected chi connectivity index (χ2v) is 4.95. The van der Waals surface area contributed by atoms with Gasteiger partial charge in [0.15, 0.2) is 5.75 Å². The van der Waals surface area contributed by atoms with Gasteiger partial charge in [-0.05, 0) is 13.3 Å². The van der Waals surface area contributed by atoms with E-state index in [-0.39, 0.29) is 6.54 Å². The molecule has 0 fully saturated rings. The Balaban J connectivity index is 4.12. The average molecular weight is 206 g/mol. The normalized spacial score (nSPS) is 14.1. The lowest BCUT2D eigenvalue weighted by Crippen LogP contribution is -2.31. The molecule has 0 aromatic carbocycles. The van der Waals surface area contributed by atoms with E-state index < -0.39 is 21.9 Å². The third-order valence-corrected chi connectivity index (χ3v) is 3.21. The van der Waals surface area contributed by atoms with E-state index in [0.29, 0.717) is 6.42 Å². The molecule has 13 heavy (non-hydrogen) atoms. The Kier molecular flexibility index (Phi) is 4.91. The SMILES string of the molecule is CC(O)CCN(C)S(=O)(=O)CC#N. The largest absolute Gasteiger partial charge is 0.393 e. The minimum absolute atomic E-state index is 0.238. The van der Waals surface area contributed by atoms with Crippen molar-refractivity contribution >= 4 is 10.0 Å². The van der Waals surface area contributed by atoms with E-state index in [1.54, 1.807) is 13.0 Å². The van der Waals surface area contributed by atoms with Crippen molar-refractivity contribution in [3.63, 3.8) is 0 Å². The zero-order chi connectivity index (χ0) is 10.5. The number of sulfonamides is 1. The van der Waals surface area contributed by atoms with E-state index in [2.05, 4.69) is 0 Å². The van der Waals surface area contributed by atoms with Crippen LogP contribution in [0, 0.1) is 11.3 Å². The Bertz CT molecular complexity index is 279. The number of nitrogens with zero attached hydrogens (tertiary/aromatic N) is 2. The van der Waals surface area contributed by atoms with Crippen LogP contribution in [0.3, 0.4) is 0 Å². The number of hydrogen-bond donors (Lipinski definition) is 1. The lowest BCUT2D eigenvalue weighted by Gasteiger charge is -2.15. The van der Waals surface area contributed by atoms with Gasteiger partial charge in [-0.25, -0.2) is 12.7 Å². The number of rotatable bonds is 5. The molecule has 0 amide bonds. The minimum Gasteiger partial charge on any atom is -0.393 e. The van der Waals surface area contributed by atoms with Crippen molar-refractivity contribution < 1.29 is 13.5 Å². The van der Waals surface area contributed by atoms with E-state index in [1.165, 1.54) is 7.05 Å². The summed E-state index contributed by atoms with van der Waals surface area (Å²) in [5.74, 6) is -0.511. The van der Waals surface area contributed by atoms with Gasteiger partial charge in [-0.2, -0.15) is 5.26 Å². The van der Waals surface area contributed by atoms with Crippen LogP contribution < -0.4 is 0 Å². The van der Waals surface area contributed by atoms with Gasteiger partial charge in [0.1, 0.15) is 0 Å². The summed E-state index contributed by atoms with van der Waals surface area (Å²) >= 11 is 0. The van der Waals surface area contributed by atoms with Crippen LogP contribution in [0.25, 0.3) is 0 Å². The van der Waals surface area contributed by atoms with Gasteiger partial charge in [0.05, 0.1) is 12.2 Å². The van der Waals surface area contributed by atoms with E-state index >= 15 is 0 Å². The molecule has 6 heteroatoms. The van der Waals surface area contributed by atoms with E-state index in [1.807, 2.05) is 0 Å². The number of aliphatic hydroxyl groups excluding tert-OH is 1. The molecule has 0 bridgehead atoms. The van der Waals surface area contributed by atoms with Crippen molar-refractivity contribution in [2.24, 2.45) is 0 Å². The molecule has 0 spiro atoms. The van der Waals surface area contributed by atoms with Gasteiger partial charge in [0.25, 0.3) is 0 Å². The first-order valence-electron chi connectivity index (χ1n) is 3.89. The Morgan fingerprint density at radius 1 is 1.62 bits per heavy atom. The van der Waals surface area contributed by atoms with Crippen molar-refractivity contribution in [2.45, 2.75) is 19.4 Å². The van der Waals surface area contributed by atoms with Gasteiger partial charge in [0.2, 0.25) is 10.0 Å². The van der Waals surface area contributed by atoms with Gasteiger partial charge in [-0.3, -0.25) is 0 Å². The third kappa shape index (κ3) is 4.83. The summed E-state index contributed by atoms with van der Waals surface area (Å²) < 4.78 is 23.4. The third-order valence-electron chi connectivity index (χ3n) is 1.58. The smallest absolute Gasteiger partial charge is 0.227 e. The number of aliphatic hydroxyl groups is 1. The molecule has 0 aliphatic carbocycles. The van der Waals surface area contributed by atoms with Crippen LogP contribution in [0.5, 0.6) is 0 Å². The molecule has 0 aromatic rings. The first-order valence-corrected chi connectivity index (χ1v) is 5.50. The molecule has 0 aliphatic heterocycles. The maximum absolute atomic E-state index is 11.2. The van der Waals surface area contributed by atoms with Crippen LogP contribution in [0.2, 0.25) is 0 Å². The van der Waals surface area contributed by atoms with Crippen molar-refractivity contribution in [3.05, 3.63) is 0 Å². The predicted molar refractivity (Wildman–Crippen MR) is 48.3 cm³/mol. The Morgan fingerprint density at radius 2 is 2.15 bits per heavy atom. The van der Waals surface area contributed by atoms with E-state index in [0.717, 1.165) is 4.31 Å². The summed E-state index contributed by atoms with van der Waals surface area (Å²) in [6.07, 6.45) is -0.152. The highest BCUT2D eigenvalue weighted by atomic mass is 32.2. The highest BCUT2D eigenvalue weighted by molar-refractivity contribution is 7.89. The molecular weight excluding hydrogens is 192 g/mol. The fraction of sp³-hybridized carbons (Fsp3) is 0.857. The minimum atomic E-state index is -3.44. The van der Waals surface area contributed by atoms with Gasteiger partial charge in [-0.1, -0.05) is 0 Å². The van der Waals surface area contributed by atoms with Crippen molar-refractivity contribution in [3.8, 4) is 6.07 Å². The van der Waals surface area contributed by atoms with Crippen LogP contribution in [0.1, 0.15) is 13.3 Å². The van der Waals surface area contributed by atoms with Crippen LogP contribution in [-0.4, -0.2) is 43.3 Å². The quantitative estimate of drug-likeness (QED) is 0.660. The molecule has 1 N–H and O–H groups in total. The summed E-state index contributed by atoms with van der Waals surface area (Å²) in [5.41, 5.74) is 0.